The van der Waals surface area contributed by atoms with Crippen molar-refractivity contribution in [2.75, 3.05) is 20.8 Å². The lowest BCUT2D eigenvalue weighted by atomic mass is 10.1. The number of rotatable bonds is 2. The average Bonchev–Trinajstić information content (AvgIpc) is 2.82. The third-order valence-corrected chi connectivity index (χ3v) is 2.66. The van der Waals surface area contributed by atoms with Crippen molar-refractivity contribution in [1.29, 1.82) is 0 Å². The molecule has 80 valence electrons. The Bertz CT molecular complexity index is 199. The van der Waals surface area contributed by atoms with Crippen molar-refractivity contribution < 1.29 is 14.3 Å². The topological polar surface area (TPSA) is 35.5 Å². The summed E-state index contributed by atoms with van der Waals surface area (Å²) in [5.41, 5.74) is 0. The lowest BCUT2D eigenvalue weighted by Crippen LogP contribution is -2.07. The summed E-state index contributed by atoms with van der Waals surface area (Å²) >= 11 is 0. The van der Waals surface area contributed by atoms with E-state index in [2.05, 4.69) is 21.6 Å². The van der Waals surface area contributed by atoms with Crippen molar-refractivity contribution >= 4 is 5.97 Å². The maximum absolute atomic E-state index is 10.1. The van der Waals surface area contributed by atoms with Gasteiger partial charge in [0.25, 0.3) is 0 Å². The zero-order chi connectivity index (χ0) is 10.4. The second-order valence-electron chi connectivity index (χ2n) is 3.73. The molecular formula is C11H18O3. The van der Waals surface area contributed by atoms with Gasteiger partial charge in [-0.3, -0.25) is 0 Å². The molecule has 1 saturated carbocycles. The summed E-state index contributed by atoms with van der Waals surface area (Å²) < 4.78 is 8.65. The molecule has 3 heteroatoms. The largest absolute Gasteiger partial charge is 0.467 e. The molecule has 0 aliphatic heterocycles. The van der Waals surface area contributed by atoms with Crippen molar-refractivity contribution in [3.8, 4) is 0 Å². The SMILES string of the molecule is C1=CC2CCC1C2.COCC(=O)OC. The van der Waals surface area contributed by atoms with E-state index < -0.39 is 0 Å². The van der Waals surface area contributed by atoms with Crippen LogP contribution in [-0.4, -0.2) is 26.8 Å². The number of hydrogen-bond acceptors (Lipinski definition) is 3. The molecule has 2 aliphatic carbocycles. The number of ether oxygens (including phenoxy) is 2. The molecule has 3 nitrogen and oxygen atoms in total. The molecule has 1 fully saturated rings. The molecule has 0 N–H and O–H groups in total. The van der Waals surface area contributed by atoms with E-state index in [4.69, 9.17) is 0 Å². The average molecular weight is 198 g/mol. The van der Waals surface area contributed by atoms with E-state index in [0.717, 1.165) is 11.8 Å². The van der Waals surface area contributed by atoms with E-state index in [9.17, 15) is 4.79 Å². The van der Waals surface area contributed by atoms with Gasteiger partial charge in [0.15, 0.2) is 0 Å². The van der Waals surface area contributed by atoms with Crippen LogP contribution >= 0.6 is 0 Å². The predicted molar refractivity (Wildman–Crippen MR) is 53.9 cm³/mol. The van der Waals surface area contributed by atoms with E-state index >= 15 is 0 Å². The minimum atomic E-state index is -0.345. The third kappa shape index (κ3) is 3.50. The van der Waals surface area contributed by atoms with Crippen LogP contribution in [0.25, 0.3) is 0 Å². The molecule has 0 aromatic rings. The highest BCUT2D eigenvalue weighted by Crippen LogP contribution is 2.38. The number of fused-ring (bicyclic) bond motifs is 2. The van der Waals surface area contributed by atoms with Gasteiger partial charge in [-0.15, -0.1) is 0 Å². The van der Waals surface area contributed by atoms with E-state index in [1.807, 2.05) is 0 Å². The summed E-state index contributed by atoms with van der Waals surface area (Å²) in [6, 6.07) is 0. The molecule has 2 aliphatic rings. The Kier molecular flexibility index (Phi) is 4.66. The minimum absolute atomic E-state index is 0.0382. The molecule has 14 heavy (non-hydrogen) atoms. The molecule has 0 spiro atoms. The van der Waals surface area contributed by atoms with Gasteiger partial charge in [-0.25, -0.2) is 4.79 Å². The number of allylic oxidation sites excluding steroid dienone is 2. The smallest absolute Gasteiger partial charge is 0.331 e. The highest BCUT2D eigenvalue weighted by Gasteiger charge is 2.25. The molecule has 2 bridgehead atoms. The maximum atomic E-state index is 10.1. The van der Waals surface area contributed by atoms with Gasteiger partial charge < -0.3 is 9.47 Å². The van der Waals surface area contributed by atoms with Crippen molar-refractivity contribution in [3.05, 3.63) is 12.2 Å². The molecule has 0 heterocycles. The highest BCUT2D eigenvalue weighted by molar-refractivity contribution is 5.70. The van der Waals surface area contributed by atoms with Gasteiger partial charge in [-0.05, 0) is 31.1 Å². The van der Waals surface area contributed by atoms with Crippen LogP contribution < -0.4 is 0 Å². The molecule has 0 amide bonds. The standard InChI is InChI=1S/C7H10.C4H8O3/c1-2-7-4-3-6(1)5-7;1-6-3-4(5)7-2/h1-2,6-7H,3-5H2;3H2,1-2H3. The van der Waals surface area contributed by atoms with Gasteiger partial charge in [0.1, 0.15) is 6.61 Å². The van der Waals surface area contributed by atoms with Gasteiger partial charge in [-0.2, -0.15) is 0 Å². The van der Waals surface area contributed by atoms with Gasteiger partial charge in [0.2, 0.25) is 0 Å². The van der Waals surface area contributed by atoms with Crippen LogP contribution in [0.15, 0.2) is 12.2 Å². The van der Waals surface area contributed by atoms with E-state index in [1.54, 1.807) is 0 Å². The summed E-state index contributed by atoms with van der Waals surface area (Å²) in [7, 11) is 2.76. The Morgan fingerprint density at radius 3 is 2.00 bits per heavy atom. The number of methoxy groups -OCH3 is 2. The van der Waals surface area contributed by atoms with Crippen LogP contribution in [0.2, 0.25) is 0 Å². The van der Waals surface area contributed by atoms with Crippen LogP contribution in [0.4, 0.5) is 0 Å². The zero-order valence-electron chi connectivity index (χ0n) is 8.86. The zero-order valence-corrected chi connectivity index (χ0v) is 8.86. The van der Waals surface area contributed by atoms with Crippen molar-refractivity contribution in [3.63, 3.8) is 0 Å². The van der Waals surface area contributed by atoms with Crippen molar-refractivity contribution in [1.82, 2.24) is 0 Å². The molecule has 2 atom stereocenters. The third-order valence-electron chi connectivity index (χ3n) is 2.66. The fraction of sp³-hybridized carbons (Fsp3) is 0.727. The second-order valence-corrected chi connectivity index (χ2v) is 3.73. The predicted octanol–water partition coefficient (Wildman–Crippen LogP) is 1.78. The summed E-state index contributed by atoms with van der Waals surface area (Å²) in [6.07, 6.45) is 9.19. The molecule has 0 radical (unpaired) electrons. The summed E-state index contributed by atoms with van der Waals surface area (Å²) in [4.78, 5) is 10.1. The Morgan fingerprint density at radius 1 is 1.29 bits per heavy atom. The molecular weight excluding hydrogens is 180 g/mol. The summed E-state index contributed by atoms with van der Waals surface area (Å²) in [5.74, 6) is 1.64. The van der Waals surface area contributed by atoms with Crippen molar-refractivity contribution in [2.45, 2.75) is 19.3 Å². The highest BCUT2D eigenvalue weighted by atomic mass is 16.6. The summed E-state index contributed by atoms with van der Waals surface area (Å²) in [6.45, 7) is 0.0382. The van der Waals surface area contributed by atoms with Gasteiger partial charge in [0, 0.05) is 7.11 Å². The Morgan fingerprint density at radius 2 is 1.86 bits per heavy atom. The quantitative estimate of drug-likeness (QED) is 0.501. The Hall–Kier alpha value is -0.830. The molecule has 0 aromatic carbocycles. The lowest BCUT2D eigenvalue weighted by Gasteiger charge is -1.96. The monoisotopic (exact) mass is 198 g/mol. The van der Waals surface area contributed by atoms with Crippen molar-refractivity contribution in [2.24, 2.45) is 11.8 Å². The van der Waals surface area contributed by atoms with Gasteiger partial charge >= 0.3 is 5.97 Å². The number of esters is 1. The summed E-state index contributed by atoms with van der Waals surface area (Å²) in [5, 5.41) is 0. The first-order valence-corrected chi connectivity index (χ1v) is 5.00. The number of carbonyl (C=O) groups excluding carboxylic acids is 1. The van der Waals surface area contributed by atoms with E-state index in [0.29, 0.717) is 0 Å². The number of hydrogen-bond donors (Lipinski definition) is 0. The maximum Gasteiger partial charge on any atom is 0.331 e. The van der Waals surface area contributed by atoms with Crippen LogP contribution in [0.5, 0.6) is 0 Å². The van der Waals surface area contributed by atoms with Crippen LogP contribution in [0.1, 0.15) is 19.3 Å². The van der Waals surface area contributed by atoms with E-state index in [-0.39, 0.29) is 12.6 Å². The fourth-order valence-corrected chi connectivity index (χ4v) is 1.89. The molecule has 0 aromatic heterocycles. The molecule has 2 rings (SSSR count). The van der Waals surface area contributed by atoms with E-state index in [1.165, 1.54) is 33.5 Å². The number of carbonyl (C=O) groups is 1. The first kappa shape index (κ1) is 11.2. The second kappa shape index (κ2) is 5.81. The van der Waals surface area contributed by atoms with Gasteiger partial charge in [-0.1, -0.05) is 12.2 Å². The fourth-order valence-electron chi connectivity index (χ4n) is 1.89. The normalized spacial score (nSPS) is 27.0. The first-order chi connectivity index (χ1) is 6.76. The lowest BCUT2D eigenvalue weighted by molar-refractivity contribution is -0.144. The van der Waals surface area contributed by atoms with Crippen LogP contribution in [0.3, 0.4) is 0 Å². The van der Waals surface area contributed by atoms with Crippen LogP contribution in [0, 0.1) is 11.8 Å². The molecule has 2 unspecified atom stereocenters. The first-order valence-electron chi connectivity index (χ1n) is 5.00. The van der Waals surface area contributed by atoms with Gasteiger partial charge in [0.05, 0.1) is 7.11 Å². The minimum Gasteiger partial charge on any atom is -0.467 e. The Labute approximate surface area is 85.1 Å². The molecule has 0 saturated heterocycles. The van der Waals surface area contributed by atoms with Crippen LogP contribution in [-0.2, 0) is 14.3 Å². The Balaban J connectivity index is 0.000000140.